The quantitative estimate of drug-likeness (QED) is 0.113. The van der Waals surface area contributed by atoms with Crippen molar-refractivity contribution < 1.29 is 32.2 Å². The summed E-state index contributed by atoms with van der Waals surface area (Å²) in [4.78, 5) is 14.0. The Morgan fingerprint density at radius 2 is 1.50 bits per heavy atom. The minimum atomic E-state index is -4.82. The second-order valence-corrected chi connectivity index (χ2v) is 11.4. The van der Waals surface area contributed by atoms with Crippen LogP contribution in [0.3, 0.4) is 0 Å². The average molecular weight is 562 g/mol. The molecule has 202 valence electrons. The normalized spacial score (nSPS) is 16.9. The Morgan fingerprint density at radius 1 is 0.825 bits per heavy atom. The highest BCUT2D eigenvalue weighted by atomic mass is 32.2. The van der Waals surface area contributed by atoms with Crippen molar-refractivity contribution in [3.63, 3.8) is 0 Å². The van der Waals surface area contributed by atoms with Gasteiger partial charge in [0.25, 0.3) is 0 Å². The lowest BCUT2D eigenvalue weighted by atomic mass is 9.93. The topological polar surface area (TPSA) is 44.8 Å². The van der Waals surface area contributed by atoms with Gasteiger partial charge in [-0.05, 0) is 67.4 Å². The van der Waals surface area contributed by atoms with Crippen LogP contribution in [-0.2, 0) is 15.1 Å². The highest BCUT2D eigenvalue weighted by Crippen LogP contribution is 2.48. The molecule has 1 aliphatic rings. The van der Waals surface area contributed by atoms with Gasteiger partial charge in [0.15, 0.2) is 26.5 Å². The van der Waals surface area contributed by atoms with Crippen LogP contribution in [0.4, 0.5) is 13.2 Å². The Kier molecular flexibility index (Phi) is 6.72. The number of carbonyl (C=O) groups is 1. The van der Waals surface area contributed by atoms with Crippen molar-refractivity contribution in [2.75, 3.05) is 6.61 Å². The molecule has 40 heavy (non-hydrogen) atoms. The zero-order chi connectivity index (χ0) is 27.7. The summed E-state index contributed by atoms with van der Waals surface area (Å²) in [5.41, 5.74) is -0.779. The zero-order valence-electron chi connectivity index (χ0n) is 21.2. The van der Waals surface area contributed by atoms with Gasteiger partial charge in [-0.3, -0.25) is 0 Å². The Balaban J connectivity index is 1.17. The number of alkyl halides is 3. The van der Waals surface area contributed by atoms with Gasteiger partial charge in [-0.15, -0.1) is 13.2 Å². The van der Waals surface area contributed by atoms with E-state index in [1.54, 1.807) is 12.1 Å². The maximum atomic E-state index is 12.8. The first-order valence-corrected chi connectivity index (χ1v) is 14.0. The number of fused-ring (bicyclic) bond motifs is 3. The summed E-state index contributed by atoms with van der Waals surface area (Å²) in [7, 11) is -0.236. The molecule has 8 heteroatoms. The summed E-state index contributed by atoms with van der Waals surface area (Å²) in [5.74, 6) is -0.481. The van der Waals surface area contributed by atoms with E-state index in [0.717, 1.165) is 4.90 Å². The van der Waals surface area contributed by atoms with Crippen molar-refractivity contribution in [2.45, 2.75) is 24.8 Å². The molecule has 0 radical (unpaired) electrons. The lowest BCUT2D eigenvalue weighted by Crippen LogP contribution is -2.31. The number of hydrogen-bond donors (Lipinski definition) is 0. The van der Waals surface area contributed by atoms with Crippen LogP contribution < -0.4 is 9.47 Å². The molecule has 1 atom stereocenters. The number of halogens is 3. The predicted molar refractivity (Wildman–Crippen MR) is 150 cm³/mol. The summed E-state index contributed by atoms with van der Waals surface area (Å²) in [5, 5.41) is 2.49. The summed E-state index contributed by atoms with van der Waals surface area (Å²) in [6.45, 7) is -0.342. The third-order valence-corrected chi connectivity index (χ3v) is 9.18. The van der Waals surface area contributed by atoms with Crippen molar-refractivity contribution in [1.82, 2.24) is 0 Å². The molecule has 0 spiro atoms. The number of benzene rings is 4. The smallest absolute Gasteiger partial charge is 0.482 e. The second kappa shape index (κ2) is 10.4. The number of esters is 1. The Hall–Kier alpha value is -4.30. The molecule has 0 aliphatic heterocycles. The second-order valence-electron chi connectivity index (χ2n) is 9.44. The first-order valence-electron chi connectivity index (χ1n) is 12.7. The molecule has 1 unspecified atom stereocenters. The number of ether oxygens (including phenoxy) is 3. The number of allylic oxidation sites excluding steroid dienone is 1. The predicted octanol–water partition coefficient (Wildman–Crippen LogP) is 8.80. The Morgan fingerprint density at radius 3 is 2.12 bits per heavy atom. The minimum Gasteiger partial charge on any atom is -0.482 e. The fourth-order valence-electron chi connectivity index (χ4n) is 5.15. The molecule has 4 nitrogen and oxygen atoms in total. The standard InChI is InChI=1S/C32H24F3O4S/c33-32(34,35)38-24-9-7-8-22(20-24)31(18-5-6-19-31)39-30(36)21-37-23-14-16-25(17-15-23)40-28-12-3-1-10-26(28)27-11-2-4-13-29(27)40/h1-5,7-18,20H,6,19,21H2/q+1. The molecule has 1 aromatic heterocycles. The Bertz CT molecular complexity index is 1670. The molecule has 6 rings (SSSR count). The lowest BCUT2D eigenvalue weighted by molar-refractivity contribution is -0.274. The van der Waals surface area contributed by atoms with Crippen LogP contribution in [0.15, 0.2) is 109 Å². The van der Waals surface area contributed by atoms with Gasteiger partial charge in [0, 0.05) is 38.9 Å². The number of carbonyl (C=O) groups excluding carboxylic acids is 1. The van der Waals surface area contributed by atoms with E-state index in [0.29, 0.717) is 24.2 Å². The van der Waals surface area contributed by atoms with Crippen molar-refractivity contribution in [2.24, 2.45) is 0 Å². The van der Waals surface area contributed by atoms with Crippen LogP contribution in [0, 0.1) is 0 Å². The van der Waals surface area contributed by atoms with Crippen LogP contribution in [0.2, 0.25) is 0 Å². The van der Waals surface area contributed by atoms with Crippen LogP contribution in [0.5, 0.6) is 11.5 Å². The highest BCUT2D eigenvalue weighted by molar-refractivity contribution is 7.50. The number of thiophene rings is 1. The average Bonchev–Trinajstić information content (AvgIpc) is 3.55. The van der Waals surface area contributed by atoms with Gasteiger partial charge >= 0.3 is 12.3 Å². The summed E-state index contributed by atoms with van der Waals surface area (Å²) < 4.78 is 56.3. The summed E-state index contributed by atoms with van der Waals surface area (Å²) >= 11 is 0. The number of hydrogen-bond acceptors (Lipinski definition) is 4. The molecule has 1 aliphatic carbocycles. The van der Waals surface area contributed by atoms with Gasteiger partial charge in [0.1, 0.15) is 11.5 Å². The van der Waals surface area contributed by atoms with Crippen LogP contribution >= 0.6 is 10.5 Å². The van der Waals surface area contributed by atoms with Gasteiger partial charge in [-0.1, -0.05) is 42.5 Å². The fraction of sp³-hybridized carbons (Fsp3) is 0.156. The fourth-order valence-corrected chi connectivity index (χ4v) is 7.53. The lowest BCUT2D eigenvalue weighted by Gasteiger charge is -2.28. The summed E-state index contributed by atoms with van der Waals surface area (Å²) in [6.07, 6.45) is -0.250. The van der Waals surface area contributed by atoms with Gasteiger partial charge in [-0.25, -0.2) is 4.79 Å². The maximum absolute atomic E-state index is 12.8. The highest BCUT2D eigenvalue weighted by Gasteiger charge is 2.37. The monoisotopic (exact) mass is 561 g/mol. The van der Waals surface area contributed by atoms with E-state index in [1.165, 1.54) is 38.4 Å². The van der Waals surface area contributed by atoms with E-state index >= 15 is 0 Å². The molecule has 0 fully saturated rings. The molecule has 0 amide bonds. The largest absolute Gasteiger partial charge is 0.573 e. The third-order valence-electron chi connectivity index (χ3n) is 6.84. The van der Waals surface area contributed by atoms with E-state index < -0.39 is 17.9 Å². The van der Waals surface area contributed by atoms with E-state index in [-0.39, 0.29) is 22.8 Å². The van der Waals surface area contributed by atoms with Crippen molar-refractivity contribution >= 4 is 36.6 Å². The summed E-state index contributed by atoms with van der Waals surface area (Å²) in [6, 6.07) is 30.0. The van der Waals surface area contributed by atoms with Gasteiger partial charge in [0.05, 0.1) is 0 Å². The van der Waals surface area contributed by atoms with Crippen molar-refractivity contribution in [1.29, 1.82) is 0 Å². The van der Waals surface area contributed by atoms with E-state index in [9.17, 15) is 18.0 Å². The molecular weight excluding hydrogens is 537 g/mol. The van der Waals surface area contributed by atoms with E-state index in [2.05, 4.69) is 53.3 Å². The van der Waals surface area contributed by atoms with Crippen LogP contribution in [0.25, 0.3) is 25.1 Å². The van der Waals surface area contributed by atoms with Gasteiger partial charge < -0.3 is 14.2 Å². The SMILES string of the molecule is O=C(COc1ccc(-[s+]2c3ccccc3c3ccccc32)cc1)OC1(c2cccc(OC(F)(F)F)c2)C=CCC1. The first kappa shape index (κ1) is 26.0. The van der Waals surface area contributed by atoms with Crippen LogP contribution in [-0.4, -0.2) is 18.9 Å². The molecular formula is C32H24F3O4S+. The van der Waals surface area contributed by atoms with Gasteiger partial charge in [0.2, 0.25) is 0 Å². The molecule has 0 bridgehead atoms. The molecule has 0 saturated heterocycles. The minimum absolute atomic E-state index is 0.236. The third kappa shape index (κ3) is 5.14. The Labute approximate surface area is 231 Å². The zero-order valence-corrected chi connectivity index (χ0v) is 22.0. The first-order chi connectivity index (χ1) is 19.3. The van der Waals surface area contributed by atoms with Crippen molar-refractivity contribution in [3.05, 3.63) is 115 Å². The maximum Gasteiger partial charge on any atom is 0.573 e. The number of rotatable bonds is 7. The van der Waals surface area contributed by atoms with Gasteiger partial charge in [-0.2, -0.15) is 0 Å². The molecule has 5 aromatic rings. The molecule has 1 heterocycles. The molecule has 0 N–H and O–H groups in total. The van der Waals surface area contributed by atoms with Crippen LogP contribution in [0.1, 0.15) is 18.4 Å². The molecule has 0 saturated carbocycles. The van der Waals surface area contributed by atoms with E-state index in [1.807, 2.05) is 30.3 Å². The molecule has 4 aromatic carbocycles. The van der Waals surface area contributed by atoms with E-state index in [4.69, 9.17) is 9.47 Å². The van der Waals surface area contributed by atoms with Crippen molar-refractivity contribution in [3.8, 4) is 16.4 Å².